The summed E-state index contributed by atoms with van der Waals surface area (Å²) in [6.45, 7) is 0. The van der Waals surface area contributed by atoms with Crippen molar-refractivity contribution < 1.29 is 14.3 Å². The summed E-state index contributed by atoms with van der Waals surface area (Å²) in [6.07, 6.45) is 3.78. The smallest absolute Gasteiger partial charge is 0.185 e. The number of hydrogen-bond donors (Lipinski definition) is 0. The molecule has 0 N–H and O–H groups in total. The molecule has 35 heavy (non-hydrogen) atoms. The number of ketones is 1. The summed E-state index contributed by atoms with van der Waals surface area (Å²) < 4.78 is 11.0. The average molecular weight is 462 g/mol. The van der Waals surface area contributed by atoms with Gasteiger partial charge in [0.15, 0.2) is 11.2 Å². The maximum atomic E-state index is 14.1. The quantitative estimate of drug-likeness (QED) is 0.491. The maximum Gasteiger partial charge on any atom is 0.185 e. The van der Waals surface area contributed by atoms with E-state index < -0.39 is 23.4 Å². The molecule has 6 heteroatoms. The number of carbonyl (C=O) groups is 1. The minimum atomic E-state index is -1.55. The van der Waals surface area contributed by atoms with E-state index in [-0.39, 0.29) is 5.78 Å². The first-order valence-electron chi connectivity index (χ1n) is 11.3. The van der Waals surface area contributed by atoms with Crippen LogP contribution in [0, 0.1) is 28.1 Å². The zero-order chi connectivity index (χ0) is 24.6. The van der Waals surface area contributed by atoms with Crippen LogP contribution >= 0.6 is 0 Å². The van der Waals surface area contributed by atoms with Crippen molar-refractivity contribution in [3.8, 4) is 23.6 Å². The number of hydrogen-bond acceptors (Lipinski definition) is 6. The second-order valence-electron chi connectivity index (χ2n) is 8.69. The zero-order valence-electron chi connectivity index (χ0n) is 19.4. The van der Waals surface area contributed by atoms with Crippen molar-refractivity contribution in [3.63, 3.8) is 0 Å². The zero-order valence-corrected chi connectivity index (χ0v) is 19.4. The van der Waals surface area contributed by atoms with Crippen molar-refractivity contribution >= 4 is 11.9 Å². The standard InChI is InChI=1S/C29H23N3O3/c1-34-22-14-21(15-23(16-22)35-2)25-26(27(33)20-9-4-3-5-10-20)32-13-12-19-8-6-7-11-24(19)28(32)29(25,17-30)18-31/h3-16,25-26,28H,1-2H3/t25-,26+,28-/m0/s1. The lowest BCUT2D eigenvalue weighted by Gasteiger charge is -2.34. The van der Waals surface area contributed by atoms with Crippen molar-refractivity contribution in [2.75, 3.05) is 14.2 Å². The monoisotopic (exact) mass is 461 g/mol. The lowest BCUT2D eigenvalue weighted by Crippen LogP contribution is -2.37. The summed E-state index contributed by atoms with van der Waals surface area (Å²) in [5, 5.41) is 21.3. The first-order chi connectivity index (χ1) is 17.1. The largest absolute Gasteiger partial charge is 0.497 e. The molecule has 0 spiro atoms. The summed E-state index contributed by atoms with van der Waals surface area (Å²) in [5.74, 6) is 0.125. The van der Waals surface area contributed by atoms with E-state index in [0.717, 1.165) is 11.1 Å². The van der Waals surface area contributed by atoms with Gasteiger partial charge in [0, 0.05) is 23.7 Å². The van der Waals surface area contributed by atoms with Gasteiger partial charge in [0.25, 0.3) is 0 Å². The molecule has 1 fully saturated rings. The van der Waals surface area contributed by atoms with Crippen LogP contribution in [0.3, 0.4) is 0 Å². The van der Waals surface area contributed by atoms with E-state index in [1.807, 2.05) is 59.6 Å². The van der Waals surface area contributed by atoms with Crippen LogP contribution in [0.1, 0.15) is 39.0 Å². The summed E-state index contributed by atoms with van der Waals surface area (Å²) in [6, 6.07) is 25.3. The molecule has 172 valence electrons. The number of benzene rings is 3. The van der Waals surface area contributed by atoms with Crippen LogP contribution < -0.4 is 9.47 Å². The van der Waals surface area contributed by atoms with Crippen LogP contribution in [0.15, 0.2) is 79.0 Å². The van der Waals surface area contributed by atoms with Crippen LogP contribution in [0.2, 0.25) is 0 Å². The predicted molar refractivity (Wildman–Crippen MR) is 131 cm³/mol. The number of ether oxygens (including phenoxy) is 2. The normalized spacial score (nSPS) is 21.3. The Morgan fingerprint density at radius 3 is 2.17 bits per heavy atom. The minimum Gasteiger partial charge on any atom is -0.497 e. The van der Waals surface area contributed by atoms with Gasteiger partial charge in [-0.15, -0.1) is 0 Å². The third kappa shape index (κ3) is 3.34. The van der Waals surface area contributed by atoms with Gasteiger partial charge < -0.3 is 14.4 Å². The molecule has 0 aromatic heterocycles. The van der Waals surface area contributed by atoms with Gasteiger partial charge in [-0.2, -0.15) is 10.5 Å². The predicted octanol–water partition coefficient (Wildman–Crippen LogP) is 5.11. The van der Waals surface area contributed by atoms with E-state index in [1.54, 1.807) is 44.6 Å². The van der Waals surface area contributed by atoms with Gasteiger partial charge in [-0.3, -0.25) is 4.79 Å². The summed E-state index contributed by atoms with van der Waals surface area (Å²) in [7, 11) is 3.09. The molecule has 0 amide bonds. The van der Waals surface area contributed by atoms with E-state index in [2.05, 4.69) is 12.1 Å². The van der Waals surface area contributed by atoms with Crippen LogP contribution in [-0.2, 0) is 0 Å². The number of fused-ring (bicyclic) bond motifs is 3. The summed E-state index contributed by atoms with van der Waals surface area (Å²) in [4.78, 5) is 16.0. The SMILES string of the molecule is COc1cc(OC)cc([C@H]2[C@H](C(=O)c3ccccc3)N3C=Cc4ccccc4[C@H]3C2(C#N)C#N)c1. The molecular weight excluding hydrogens is 438 g/mol. The van der Waals surface area contributed by atoms with E-state index in [4.69, 9.17) is 9.47 Å². The molecule has 0 saturated carbocycles. The molecule has 0 unspecified atom stereocenters. The topological polar surface area (TPSA) is 86.3 Å². The van der Waals surface area contributed by atoms with Gasteiger partial charge in [-0.05, 0) is 34.9 Å². The van der Waals surface area contributed by atoms with Crippen LogP contribution in [0.25, 0.3) is 6.08 Å². The Morgan fingerprint density at radius 1 is 0.914 bits per heavy atom. The highest BCUT2D eigenvalue weighted by Gasteiger charge is 2.64. The molecule has 0 radical (unpaired) electrons. The van der Waals surface area contributed by atoms with Gasteiger partial charge in [-0.1, -0.05) is 54.6 Å². The van der Waals surface area contributed by atoms with Gasteiger partial charge in [0.2, 0.25) is 0 Å². The highest BCUT2D eigenvalue weighted by Crippen LogP contribution is 2.60. The van der Waals surface area contributed by atoms with Gasteiger partial charge in [0.05, 0.1) is 32.4 Å². The van der Waals surface area contributed by atoms with Crippen molar-refractivity contribution in [2.45, 2.75) is 18.0 Å². The van der Waals surface area contributed by atoms with E-state index >= 15 is 0 Å². The first-order valence-corrected chi connectivity index (χ1v) is 11.3. The number of rotatable bonds is 5. The highest BCUT2D eigenvalue weighted by atomic mass is 16.5. The van der Waals surface area contributed by atoms with E-state index in [1.165, 1.54) is 0 Å². The molecule has 6 nitrogen and oxygen atoms in total. The fraction of sp³-hybridized carbons (Fsp3) is 0.207. The molecule has 2 aliphatic rings. The first kappa shape index (κ1) is 22.3. The van der Waals surface area contributed by atoms with Crippen LogP contribution in [0.4, 0.5) is 0 Å². The van der Waals surface area contributed by atoms with Crippen molar-refractivity contribution in [1.82, 2.24) is 4.90 Å². The van der Waals surface area contributed by atoms with E-state index in [0.29, 0.717) is 22.6 Å². The molecule has 3 atom stereocenters. The number of carbonyl (C=O) groups excluding carboxylic acids is 1. The molecule has 0 aliphatic carbocycles. The molecular formula is C29H23N3O3. The molecule has 2 aliphatic heterocycles. The summed E-state index contributed by atoms with van der Waals surface area (Å²) in [5.41, 5.74) is 1.39. The lowest BCUT2D eigenvalue weighted by molar-refractivity contribution is 0.0874. The second-order valence-corrected chi connectivity index (χ2v) is 8.69. The van der Waals surface area contributed by atoms with Gasteiger partial charge in [0.1, 0.15) is 17.5 Å². The Bertz CT molecular complexity index is 1360. The Morgan fingerprint density at radius 2 is 1.54 bits per heavy atom. The van der Waals surface area contributed by atoms with Gasteiger partial charge in [-0.25, -0.2) is 0 Å². The van der Waals surface area contributed by atoms with Crippen molar-refractivity contribution in [3.05, 3.63) is 101 Å². The second kappa shape index (κ2) is 8.66. The molecule has 5 rings (SSSR count). The number of nitrogens with zero attached hydrogens (tertiary/aromatic N) is 3. The molecule has 0 bridgehead atoms. The Hall–Kier alpha value is -4.55. The molecule has 2 heterocycles. The van der Waals surface area contributed by atoms with Crippen molar-refractivity contribution in [2.24, 2.45) is 5.41 Å². The number of Topliss-reactive ketones (excluding diaryl/α,β-unsaturated/α-hetero) is 1. The summed E-state index contributed by atoms with van der Waals surface area (Å²) >= 11 is 0. The van der Waals surface area contributed by atoms with Gasteiger partial charge >= 0.3 is 0 Å². The maximum absolute atomic E-state index is 14.1. The molecule has 3 aromatic carbocycles. The molecule has 3 aromatic rings. The van der Waals surface area contributed by atoms with E-state index in [9.17, 15) is 15.3 Å². The Kier molecular flexibility index (Phi) is 5.51. The fourth-order valence-corrected chi connectivity index (χ4v) is 5.45. The minimum absolute atomic E-state index is 0.154. The number of nitriles is 2. The fourth-order valence-electron chi connectivity index (χ4n) is 5.45. The lowest BCUT2D eigenvalue weighted by atomic mass is 9.67. The van der Waals surface area contributed by atoms with Crippen LogP contribution in [0.5, 0.6) is 11.5 Å². The Balaban J connectivity index is 1.80. The average Bonchev–Trinajstić information content (AvgIpc) is 3.23. The third-order valence-corrected chi connectivity index (χ3v) is 7.00. The highest BCUT2D eigenvalue weighted by molar-refractivity contribution is 6.01. The van der Waals surface area contributed by atoms with Crippen molar-refractivity contribution in [1.29, 1.82) is 10.5 Å². The van der Waals surface area contributed by atoms with Crippen LogP contribution in [-0.4, -0.2) is 30.9 Å². The Labute approximate surface area is 204 Å². The third-order valence-electron chi connectivity index (χ3n) is 7.00. The molecule has 1 saturated heterocycles. The number of methoxy groups -OCH3 is 2.